The van der Waals surface area contributed by atoms with Gasteiger partial charge in [0.25, 0.3) is 0 Å². The summed E-state index contributed by atoms with van der Waals surface area (Å²) in [6.07, 6.45) is 0. The fourth-order valence-corrected chi connectivity index (χ4v) is 4.86. The number of hydrogen-bond acceptors (Lipinski definition) is 3. The number of aryl methyl sites for hydroxylation is 1. The number of ether oxygens (including phenoxy) is 1. The Morgan fingerprint density at radius 2 is 1.21 bits per heavy atom. The molecule has 0 unspecified atom stereocenters. The summed E-state index contributed by atoms with van der Waals surface area (Å²) in [6, 6.07) is 31.3. The van der Waals surface area contributed by atoms with Crippen molar-refractivity contribution in [2.75, 3.05) is 7.11 Å². The van der Waals surface area contributed by atoms with Crippen molar-refractivity contribution in [2.45, 2.75) is 43.7 Å². The average molecular weight is 616 g/mol. The minimum Gasteiger partial charge on any atom is -0.672 e. The molecule has 200 valence electrons. The van der Waals surface area contributed by atoms with Crippen LogP contribution < -0.4 is 4.74 Å². The zero-order valence-corrected chi connectivity index (χ0v) is 24.6. The second-order valence-corrected chi connectivity index (χ2v) is 10.7. The molecule has 0 radical (unpaired) electrons. The van der Waals surface area contributed by atoms with Crippen LogP contribution in [0.3, 0.4) is 0 Å². The number of hydrogen-bond donors (Lipinski definition) is 0. The van der Waals surface area contributed by atoms with E-state index in [0.717, 1.165) is 0 Å². The van der Waals surface area contributed by atoms with Gasteiger partial charge in [-0.15, -0.1) is 12.1 Å². The van der Waals surface area contributed by atoms with Gasteiger partial charge in [0.05, 0.1) is 7.11 Å². The number of benzene rings is 4. The van der Waals surface area contributed by atoms with Gasteiger partial charge in [-0.25, -0.2) is 8.42 Å². The SMILES string of the molecule is COc1ccc(S(=O)(=O)[N-][C@@H](c2ccccc2)[C@@H]([NH-])c2ccccc2)cc1.Cc1ccc(C(C)C)cc1.[Ru+2]. The van der Waals surface area contributed by atoms with Gasteiger partial charge in [-0.2, -0.15) is 0 Å². The van der Waals surface area contributed by atoms with Crippen LogP contribution in [0.2, 0.25) is 0 Å². The number of rotatable bonds is 8. The van der Waals surface area contributed by atoms with Gasteiger partial charge >= 0.3 is 19.5 Å². The summed E-state index contributed by atoms with van der Waals surface area (Å²) in [4.78, 5) is 0.0736. The van der Waals surface area contributed by atoms with Gasteiger partial charge in [0.2, 0.25) is 0 Å². The molecule has 0 fully saturated rings. The molecule has 38 heavy (non-hydrogen) atoms. The third-order valence-corrected chi connectivity index (χ3v) is 7.34. The minimum absolute atomic E-state index is 0. The molecule has 0 amide bonds. The molecule has 4 aromatic rings. The molecule has 1 N–H and O–H groups in total. The standard InChI is InChI=1S/C21H20N2O3S.C10H14.Ru/c1-26-18-12-14-19(15-13-18)27(24,25)23-21(17-10-6-3-7-11-17)20(22)16-8-4-2-5-9-16;1-8(2)10-6-4-9(3)5-7-10;/h2-15,20-22H,1H3;4-8H,1-3H3;/q-2;;+2/t20-,21-;;/m0../s1. The van der Waals surface area contributed by atoms with E-state index in [1.807, 2.05) is 48.5 Å². The molecule has 0 aliphatic carbocycles. The van der Waals surface area contributed by atoms with Crippen LogP contribution in [0.25, 0.3) is 10.5 Å². The van der Waals surface area contributed by atoms with E-state index in [-0.39, 0.29) is 24.4 Å². The zero-order chi connectivity index (χ0) is 26.8. The van der Waals surface area contributed by atoms with Crippen molar-refractivity contribution in [3.63, 3.8) is 0 Å². The summed E-state index contributed by atoms with van der Waals surface area (Å²) in [6.45, 7) is 6.54. The van der Waals surface area contributed by atoms with Crippen LogP contribution in [0.5, 0.6) is 5.75 Å². The molecule has 0 saturated carbocycles. The molecular weight excluding hydrogens is 581 g/mol. The third-order valence-electron chi connectivity index (χ3n) is 5.97. The minimum atomic E-state index is -3.94. The first-order chi connectivity index (χ1) is 17.7. The smallest absolute Gasteiger partial charge is 0.672 e. The van der Waals surface area contributed by atoms with Gasteiger partial charge in [-0.1, -0.05) is 115 Å². The Balaban J connectivity index is 0.000000389. The molecule has 2 atom stereocenters. The van der Waals surface area contributed by atoms with Crippen LogP contribution in [-0.4, -0.2) is 15.5 Å². The van der Waals surface area contributed by atoms with E-state index in [1.54, 1.807) is 24.3 Å². The second kappa shape index (κ2) is 14.9. The van der Waals surface area contributed by atoms with Crippen molar-refractivity contribution in [3.8, 4) is 5.75 Å². The van der Waals surface area contributed by atoms with E-state index in [9.17, 15) is 8.42 Å². The fraction of sp³-hybridized carbons (Fsp3) is 0.226. The molecule has 0 heterocycles. The summed E-state index contributed by atoms with van der Waals surface area (Å²) >= 11 is 0. The number of nitrogens with one attached hydrogen (secondary N) is 1. The Kier molecular flexibility index (Phi) is 12.3. The van der Waals surface area contributed by atoms with Crippen molar-refractivity contribution in [1.29, 1.82) is 0 Å². The molecule has 0 spiro atoms. The van der Waals surface area contributed by atoms with Gasteiger partial charge in [-0.05, 0) is 42.7 Å². The summed E-state index contributed by atoms with van der Waals surface area (Å²) in [5.41, 5.74) is 12.8. The summed E-state index contributed by atoms with van der Waals surface area (Å²) in [5, 5.41) is 0. The predicted octanol–water partition coefficient (Wildman–Crippen LogP) is 8.41. The van der Waals surface area contributed by atoms with Crippen LogP contribution in [0.15, 0.2) is 114 Å². The maximum absolute atomic E-state index is 12.9. The van der Waals surface area contributed by atoms with Gasteiger partial charge in [-0.3, -0.25) is 0 Å². The average Bonchev–Trinajstić information content (AvgIpc) is 2.93. The van der Waals surface area contributed by atoms with Gasteiger partial charge in [0, 0.05) is 4.90 Å². The van der Waals surface area contributed by atoms with Crippen molar-refractivity contribution in [1.82, 2.24) is 0 Å². The topological polar surface area (TPSA) is 81.3 Å². The fourth-order valence-electron chi connectivity index (χ4n) is 3.72. The van der Waals surface area contributed by atoms with Gasteiger partial charge in [0.1, 0.15) is 15.8 Å². The molecule has 0 aliphatic rings. The first-order valence-corrected chi connectivity index (χ1v) is 13.6. The third kappa shape index (κ3) is 8.88. The summed E-state index contributed by atoms with van der Waals surface area (Å²) in [7, 11) is -2.42. The molecule has 4 aromatic carbocycles. The van der Waals surface area contributed by atoms with Crippen molar-refractivity contribution in [2.24, 2.45) is 0 Å². The van der Waals surface area contributed by atoms with Crippen LogP contribution in [0.1, 0.15) is 54.1 Å². The largest absolute Gasteiger partial charge is 2.00 e. The molecule has 7 heteroatoms. The van der Waals surface area contributed by atoms with Crippen molar-refractivity contribution in [3.05, 3.63) is 142 Å². The molecule has 0 aromatic heterocycles. The Bertz CT molecular complexity index is 1330. The number of sulfonamides is 1. The molecule has 4 rings (SSSR count). The molecule has 0 bridgehead atoms. The van der Waals surface area contributed by atoms with Gasteiger partial charge < -0.3 is 15.2 Å². The van der Waals surface area contributed by atoms with E-state index in [4.69, 9.17) is 10.5 Å². The Hall–Kier alpha value is -2.83. The van der Waals surface area contributed by atoms with E-state index < -0.39 is 22.1 Å². The van der Waals surface area contributed by atoms with E-state index >= 15 is 0 Å². The first kappa shape index (κ1) is 31.4. The molecule has 0 saturated heterocycles. The summed E-state index contributed by atoms with van der Waals surface area (Å²) < 4.78 is 34.9. The quantitative estimate of drug-likeness (QED) is 0.187. The van der Waals surface area contributed by atoms with Gasteiger partial charge in [0.15, 0.2) is 0 Å². The first-order valence-electron chi connectivity index (χ1n) is 12.2. The number of methoxy groups -OCH3 is 1. The summed E-state index contributed by atoms with van der Waals surface area (Å²) in [5.74, 6) is 1.22. The Morgan fingerprint density at radius 3 is 1.68 bits per heavy atom. The monoisotopic (exact) mass is 616 g/mol. The molecule has 5 nitrogen and oxygen atoms in total. The maximum Gasteiger partial charge on any atom is 2.00 e. The van der Waals surface area contributed by atoms with E-state index in [0.29, 0.717) is 22.8 Å². The predicted molar refractivity (Wildman–Crippen MR) is 151 cm³/mol. The van der Waals surface area contributed by atoms with E-state index in [1.165, 1.54) is 30.4 Å². The maximum atomic E-state index is 12.9. The van der Waals surface area contributed by atoms with Crippen LogP contribution >= 0.6 is 0 Å². The second-order valence-electron chi connectivity index (χ2n) is 9.07. The Labute approximate surface area is 240 Å². The van der Waals surface area contributed by atoms with Crippen LogP contribution in [0, 0.1) is 6.92 Å². The normalized spacial score (nSPS) is 12.5. The van der Waals surface area contributed by atoms with E-state index in [2.05, 4.69) is 49.8 Å². The van der Waals surface area contributed by atoms with Crippen LogP contribution in [0.4, 0.5) is 0 Å². The zero-order valence-electron chi connectivity index (χ0n) is 22.1. The Morgan fingerprint density at radius 1 is 0.711 bits per heavy atom. The van der Waals surface area contributed by atoms with Crippen LogP contribution in [-0.2, 0) is 29.5 Å². The number of nitrogens with zero attached hydrogens (tertiary/aromatic N) is 1. The molecular formula is C31H34N2O3RuS. The molecule has 0 aliphatic heterocycles. The van der Waals surface area contributed by atoms with Crippen molar-refractivity contribution >= 4 is 10.0 Å². The van der Waals surface area contributed by atoms with Crippen molar-refractivity contribution < 1.29 is 32.6 Å².